The van der Waals surface area contributed by atoms with E-state index in [4.69, 9.17) is 4.74 Å². The van der Waals surface area contributed by atoms with E-state index in [2.05, 4.69) is 66.1 Å². The first-order valence-corrected chi connectivity index (χ1v) is 9.97. The van der Waals surface area contributed by atoms with E-state index in [1.807, 2.05) is 13.0 Å². The van der Waals surface area contributed by atoms with Crippen LogP contribution in [0.1, 0.15) is 37.5 Å². The number of esters is 1. The minimum absolute atomic E-state index is 0.119. The molecule has 4 heteroatoms. The van der Waals surface area contributed by atoms with Crippen molar-refractivity contribution in [2.75, 3.05) is 24.6 Å². The van der Waals surface area contributed by atoms with Crippen LogP contribution >= 0.6 is 0 Å². The van der Waals surface area contributed by atoms with E-state index in [-0.39, 0.29) is 12.0 Å². The number of carbonyl (C=O) groups is 1. The van der Waals surface area contributed by atoms with Crippen molar-refractivity contribution >= 4 is 11.7 Å². The van der Waals surface area contributed by atoms with Crippen LogP contribution in [0, 0.1) is 0 Å². The van der Waals surface area contributed by atoms with Gasteiger partial charge in [-0.15, -0.1) is 0 Å². The lowest BCUT2D eigenvalue weighted by Gasteiger charge is -2.35. The second-order valence-corrected chi connectivity index (χ2v) is 6.98. The average Bonchev–Trinajstić information content (AvgIpc) is 2.70. The highest BCUT2D eigenvalue weighted by Gasteiger charge is 2.32. The van der Waals surface area contributed by atoms with Crippen LogP contribution in [0.5, 0.6) is 0 Å². The van der Waals surface area contributed by atoms with Crippen molar-refractivity contribution < 1.29 is 9.53 Å². The molecule has 0 fully saturated rings. The summed E-state index contributed by atoms with van der Waals surface area (Å²) < 4.78 is 5.36. The molecule has 27 heavy (non-hydrogen) atoms. The lowest BCUT2D eigenvalue weighted by Crippen LogP contribution is -2.45. The number of benzene rings is 2. The lowest BCUT2D eigenvalue weighted by atomic mass is 9.93. The molecule has 0 saturated carbocycles. The van der Waals surface area contributed by atoms with E-state index in [9.17, 15) is 4.79 Å². The third kappa shape index (κ3) is 4.51. The molecule has 2 aromatic carbocycles. The summed E-state index contributed by atoms with van der Waals surface area (Å²) in [5, 5.41) is 0. The van der Waals surface area contributed by atoms with Crippen molar-refractivity contribution in [3.05, 3.63) is 65.2 Å². The zero-order valence-corrected chi connectivity index (χ0v) is 16.6. The fourth-order valence-electron chi connectivity index (χ4n) is 3.85. The van der Waals surface area contributed by atoms with Crippen molar-refractivity contribution in [1.29, 1.82) is 0 Å². The summed E-state index contributed by atoms with van der Waals surface area (Å²) in [6, 6.07) is 16.9. The number of nitrogens with zero attached hydrogens (tertiary/aromatic N) is 2. The SMILES string of the molecule is CCOC(=O)C1Cc2ccccc2CN1Cc1ccc(N(CC)CC)cc1. The second kappa shape index (κ2) is 9.05. The minimum Gasteiger partial charge on any atom is -0.465 e. The summed E-state index contributed by atoms with van der Waals surface area (Å²) in [4.78, 5) is 17.1. The molecule has 1 aliphatic heterocycles. The number of hydrogen-bond acceptors (Lipinski definition) is 4. The predicted molar refractivity (Wildman–Crippen MR) is 110 cm³/mol. The molecule has 3 rings (SSSR count). The molecule has 0 aliphatic carbocycles. The van der Waals surface area contributed by atoms with Gasteiger partial charge < -0.3 is 9.64 Å². The first-order chi connectivity index (χ1) is 13.2. The van der Waals surface area contributed by atoms with Gasteiger partial charge in [0.25, 0.3) is 0 Å². The van der Waals surface area contributed by atoms with Gasteiger partial charge in [-0.3, -0.25) is 9.69 Å². The van der Waals surface area contributed by atoms with Crippen LogP contribution in [0.2, 0.25) is 0 Å². The Morgan fingerprint density at radius 2 is 1.70 bits per heavy atom. The monoisotopic (exact) mass is 366 g/mol. The Bertz CT molecular complexity index is 753. The smallest absolute Gasteiger partial charge is 0.323 e. The quantitative estimate of drug-likeness (QED) is 0.693. The lowest BCUT2D eigenvalue weighted by molar-refractivity contribution is -0.150. The van der Waals surface area contributed by atoms with E-state index in [0.29, 0.717) is 13.0 Å². The Morgan fingerprint density at radius 3 is 2.33 bits per heavy atom. The predicted octanol–water partition coefficient (Wildman–Crippen LogP) is 4.02. The Balaban J connectivity index is 1.79. The Morgan fingerprint density at radius 1 is 1.04 bits per heavy atom. The van der Waals surface area contributed by atoms with E-state index in [0.717, 1.165) is 26.2 Å². The van der Waals surface area contributed by atoms with Gasteiger partial charge in [0.1, 0.15) is 6.04 Å². The van der Waals surface area contributed by atoms with Crippen LogP contribution in [-0.4, -0.2) is 36.6 Å². The highest BCUT2D eigenvalue weighted by Crippen LogP contribution is 2.26. The maximum absolute atomic E-state index is 12.6. The van der Waals surface area contributed by atoms with Crippen molar-refractivity contribution in [2.45, 2.75) is 46.3 Å². The maximum atomic E-state index is 12.6. The Hall–Kier alpha value is -2.33. The molecular weight excluding hydrogens is 336 g/mol. The zero-order valence-electron chi connectivity index (χ0n) is 16.6. The maximum Gasteiger partial charge on any atom is 0.323 e. The molecule has 4 nitrogen and oxygen atoms in total. The van der Waals surface area contributed by atoms with Crippen LogP contribution in [0.4, 0.5) is 5.69 Å². The summed E-state index contributed by atoms with van der Waals surface area (Å²) in [7, 11) is 0. The normalized spacial score (nSPS) is 16.6. The van der Waals surface area contributed by atoms with E-state index in [1.165, 1.54) is 22.4 Å². The van der Waals surface area contributed by atoms with Crippen molar-refractivity contribution in [3.63, 3.8) is 0 Å². The van der Waals surface area contributed by atoms with Gasteiger partial charge in [0, 0.05) is 31.9 Å². The molecule has 0 spiro atoms. The summed E-state index contributed by atoms with van der Waals surface area (Å²) in [5.74, 6) is -0.119. The standard InChI is InChI=1S/C23H30N2O2/c1-4-24(5-2)21-13-11-18(12-14-21)16-25-17-20-10-8-7-9-19(20)15-22(25)23(26)27-6-3/h7-14,22H,4-6,15-17H2,1-3H3. The molecule has 0 saturated heterocycles. The third-order valence-electron chi connectivity index (χ3n) is 5.36. The topological polar surface area (TPSA) is 32.8 Å². The number of rotatable bonds is 7. The van der Waals surface area contributed by atoms with Gasteiger partial charge in [-0.05, 0) is 56.0 Å². The summed E-state index contributed by atoms with van der Waals surface area (Å²) >= 11 is 0. The minimum atomic E-state index is -0.220. The second-order valence-electron chi connectivity index (χ2n) is 6.98. The molecule has 2 aromatic rings. The van der Waals surface area contributed by atoms with E-state index in [1.54, 1.807) is 0 Å². The van der Waals surface area contributed by atoms with Crippen molar-refractivity contribution in [3.8, 4) is 0 Å². The molecule has 1 heterocycles. The molecule has 0 bridgehead atoms. The van der Waals surface area contributed by atoms with Gasteiger partial charge in [0.05, 0.1) is 6.61 Å². The summed E-state index contributed by atoms with van der Waals surface area (Å²) in [6.07, 6.45) is 0.715. The first kappa shape index (κ1) is 19.4. The van der Waals surface area contributed by atoms with Crippen LogP contribution in [0.25, 0.3) is 0 Å². The van der Waals surface area contributed by atoms with Gasteiger partial charge in [-0.25, -0.2) is 0 Å². The molecule has 144 valence electrons. The highest BCUT2D eigenvalue weighted by molar-refractivity contribution is 5.76. The number of anilines is 1. The van der Waals surface area contributed by atoms with E-state index >= 15 is 0 Å². The van der Waals surface area contributed by atoms with Gasteiger partial charge in [0.15, 0.2) is 0 Å². The van der Waals surface area contributed by atoms with E-state index < -0.39 is 0 Å². The van der Waals surface area contributed by atoms with Gasteiger partial charge in [-0.2, -0.15) is 0 Å². The molecule has 0 N–H and O–H groups in total. The highest BCUT2D eigenvalue weighted by atomic mass is 16.5. The zero-order chi connectivity index (χ0) is 19.2. The third-order valence-corrected chi connectivity index (χ3v) is 5.36. The molecule has 1 atom stereocenters. The first-order valence-electron chi connectivity index (χ1n) is 9.97. The number of fused-ring (bicyclic) bond motifs is 1. The van der Waals surface area contributed by atoms with Crippen molar-refractivity contribution in [2.24, 2.45) is 0 Å². The van der Waals surface area contributed by atoms with Crippen LogP contribution in [0.3, 0.4) is 0 Å². The molecule has 0 radical (unpaired) electrons. The average molecular weight is 367 g/mol. The van der Waals surface area contributed by atoms with Gasteiger partial charge >= 0.3 is 5.97 Å². The number of carbonyl (C=O) groups excluding carboxylic acids is 1. The molecule has 0 amide bonds. The van der Waals surface area contributed by atoms with Crippen molar-refractivity contribution in [1.82, 2.24) is 4.90 Å². The van der Waals surface area contributed by atoms with Crippen LogP contribution < -0.4 is 4.90 Å². The Kier molecular flexibility index (Phi) is 6.51. The molecule has 1 unspecified atom stereocenters. The summed E-state index contributed by atoms with van der Waals surface area (Å²) in [5.41, 5.74) is 5.02. The Labute approximate surface area is 162 Å². The fraction of sp³-hybridized carbons (Fsp3) is 0.435. The van der Waals surface area contributed by atoms with Crippen LogP contribution in [0.15, 0.2) is 48.5 Å². The van der Waals surface area contributed by atoms with Gasteiger partial charge in [-0.1, -0.05) is 36.4 Å². The molecular formula is C23H30N2O2. The molecule has 0 aromatic heterocycles. The largest absolute Gasteiger partial charge is 0.465 e. The number of ether oxygens (including phenoxy) is 1. The number of hydrogen-bond donors (Lipinski definition) is 0. The van der Waals surface area contributed by atoms with Crippen LogP contribution in [-0.2, 0) is 29.0 Å². The fourth-order valence-corrected chi connectivity index (χ4v) is 3.85. The summed E-state index contributed by atoms with van der Waals surface area (Å²) in [6.45, 7) is 10.2. The molecule has 1 aliphatic rings. The van der Waals surface area contributed by atoms with Gasteiger partial charge in [0.2, 0.25) is 0 Å².